The molecule has 74 heavy (non-hydrogen) atoms. The van der Waals surface area contributed by atoms with Crippen LogP contribution in [0.4, 0.5) is 11.6 Å². The normalized spacial score (nSPS) is 15.2. The number of hydrogen-bond acceptors (Lipinski definition) is 5. The van der Waals surface area contributed by atoms with Gasteiger partial charge in [-0.3, -0.25) is 4.57 Å². The van der Waals surface area contributed by atoms with Gasteiger partial charge < -0.3 is 14.0 Å². The molecule has 346 valence electrons. The number of allylic oxidation sites excluding steroid dienone is 2. The van der Waals surface area contributed by atoms with E-state index >= 15 is 0 Å². The van der Waals surface area contributed by atoms with E-state index in [1.165, 1.54) is 21.7 Å². The second kappa shape index (κ2) is 15.8. The van der Waals surface area contributed by atoms with E-state index in [4.69, 9.17) is 19.9 Å². The molecule has 8 heteroatoms. The lowest BCUT2D eigenvalue weighted by Gasteiger charge is -2.28. The average molecular weight is 947 g/mol. The van der Waals surface area contributed by atoms with Gasteiger partial charge in [0.05, 0.1) is 44.8 Å². The van der Waals surface area contributed by atoms with Crippen molar-refractivity contribution in [3.8, 4) is 39.8 Å². The molecule has 5 aromatic heterocycles. The molecule has 1 aliphatic carbocycles. The second-order valence-electron chi connectivity index (χ2n) is 19.3. The number of anilines is 2. The minimum atomic E-state index is -0.0859. The zero-order valence-electron chi connectivity index (χ0n) is 39.8. The minimum Gasteiger partial charge on any atom is -0.309 e. The third-order valence-electron chi connectivity index (χ3n) is 15.4. The van der Waals surface area contributed by atoms with Gasteiger partial charge in [0.25, 0.3) is 0 Å². The van der Waals surface area contributed by atoms with Crippen LogP contribution in [0.5, 0.6) is 0 Å². The molecule has 0 bridgehead atoms. The van der Waals surface area contributed by atoms with Crippen molar-refractivity contribution in [1.29, 1.82) is 0 Å². The van der Waals surface area contributed by atoms with Gasteiger partial charge in [0.15, 0.2) is 0 Å². The van der Waals surface area contributed by atoms with E-state index in [1.54, 1.807) is 0 Å². The second-order valence-corrected chi connectivity index (χ2v) is 19.3. The Morgan fingerprint density at radius 1 is 0.338 bits per heavy atom. The molecule has 14 aromatic rings. The van der Waals surface area contributed by atoms with Crippen LogP contribution in [0.15, 0.2) is 243 Å². The number of hydrogen-bond donors (Lipinski definition) is 0. The van der Waals surface area contributed by atoms with Crippen LogP contribution in [0.3, 0.4) is 0 Å². The van der Waals surface area contributed by atoms with Gasteiger partial charge in [-0.1, -0.05) is 194 Å². The highest BCUT2D eigenvalue weighted by molar-refractivity contribution is 6.24. The zero-order chi connectivity index (χ0) is 48.4. The Hall–Kier alpha value is -9.92. The summed E-state index contributed by atoms with van der Waals surface area (Å²) in [5, 5.41) is 6.91. The van der Waals surface area contributed by atoms with E-state index in [9.17, 15) is 0 Å². The molecule has 2 unspecified atom stereocenters. The molecule has 2 atom stereocenters. The maximum Gasteiger partial charge on any atom is 0.236 e. The molecule has 0 N–H and O–H groups in total. The first-order valence-electron chi connectivity index (χ1n) is 25.2. The van der Waals surface area contributed by atoms with Gasteiger partial charge in [-0.15, -0.1) is 0 Å². The number of fused-ring (bicyclic) bond motifs is 15. The summed E-state index contributed by atoms with van der Waals surface area (Å²) in [5.41, 5.74) is 15.7. The summed E-state index contributed by atoms with van der Waals surface area (Å²) in [5.74, 6) is 1.20. The lowest BCUT2D eigenvalue weighted by atomic mass is 9.91. The molecular formula is C66H42N8. The molecule has 0 amide bonds. The van der Waals surface area contributed by atoms with Crippen LogP contribution in [-0.2, 0) is 0 Å². The largest absolute Gasteiger partial charge is 0.309 e. The summed E-state index contributed by atoms with van der Waals surface area (Å²) < 4.78 is 7.06. The number of para-hydroxylation sites is 5. The molecule has 16 rings (SSSR count). The van der Waals surface area contributed by atoms with E-state index in [0.29, 0.717) is 22.9 Å². The Morgan fingerprint density at radius 3 is 1.43 bits per heavy atom. The van der Waals surface area contributed by atoms with E-state index in [1.807, 2.05) is 0 Å². The minimum absolute atomic E-state index is 0.0727. The van der Waals surface area contributed by atoms with Crippen molar-refractivity contribution in [1.82, 2.24) is 33.6 Å². The van der Waals surface area contributed by atoms with E-state index in [-0.39, 0.29) is 12.0 Å². The SMILES string of the molecule is C1=CC2c3ccc4c(c3N(c3nc(-c5ccccc5)c5nc(-n6c7ccccc7c7ccc8c9ccccc9n(-c9ccccc9)c8c76)nc(-c6ccccc6)c5n3)C2C=C1)c1ccccc1n4-c1ccccc1. The van der Waals surface area contributed by atoms with Gasteiger partial charge in [0, 0.05) is 60.7 Å². The summed E-state index contributed by atoms with van der Waals surface area (Å²) in [6, 6.07) is 77.4. The van der Waals surface area contributed by atoms with Crippen molar-refractivity contribution >= 4 is 88.1 Å². The summed E-state index contributed by atoms with van der Waals surface area (Å²) in [6.45, 7) is 0. The number of aromatic nitrogens is 7. The molecule has 2 aliphatic rings. The number of rotatable bonds is 6. The van der Waals surface area contributed by atoms with Gasteiger partial charge in [-0.05, 0) is 54.1 Å². The molecule has 9 aromatic carbocycles. The molecule has 0 fully saturated rings. The van der Waals surface area contributed by atoms with Crippen LogP contribution in [0, 0.1) is 0 Å². The first-order chi connectivity index (χ1) is 36.8. The summed E-state index contributed by atoms with van der Waals surface area (Å²) in [4.78, 5) is 25.4. The Bertz CT molecular complexity index is 4670. The van der Waals surface area contributed by atoms with E-state index in [2.05, 4.69) is 261 Å². The quantitative estimate of drug-likeness (QED) is 0.166. The highest BCUT2D eigenvalue weighted by atomic mass is 15.3. The third-order valence-corrected chi connectivity index (χ3v) is 15.4. The predicted octanol–water partition coefficient (Wildman–Crippen LogP) is 15.8. The average Bonchev–Trinajstić information content (AvgIpc) is 4.21. The molecule has 1 aliphatic heterocycles. The Balaban J connectivity index is 1.03. The molecular weight excluding hydrogens is 905 g/mol. The van der Waals surface area contributed by atoms with E-state index in [0.717, 1.165) is 88.8 Å². The maximum atomic E-state index is 5.76. The fourth-order valence-corrected chi connectivity index (χ4v) is 12.3. The monoisotopic (exact) mass is 946 g/mol. The molecule has 0 saturated heterocycles. The van der Waals surface area contributed by atoms with Crippen molar-refractivity contribution < 1.29 is 0 Å². The molecule has 8 nitrogen and oxygen atoms in total. The number of benzene rings is 9. The van der Waals surface area contributed by atoms with Crippen molar-refractivity contribution in [2.24, 2.45) is 0 Å². The van der Waals surface area contributed by atoms with Crippen LogP contribution < -0.4 is 4.90 Å². The zero-order valence-corrected chi connectivity index (χ0v) is 39.8. The van der Waals surface area contributed by atoms with Crippen LogP contribution in [0.1, 0.15) is 11.5 Å². The van der Waals surface area contributed by atoms with Gasteiger partial charge in [0.1, 0.15) is 22.4 Å². The highest BCUT2D eigenvalue weighted by Crippen LogP contribution is 2.53. The molecule has 0 saturated carbocycles. The van der Waals surface area contributed by atoms with Crippen molar-refractivity contribution in [2.75, 3.05) is 4.90 Å². The molecule has 6 heterocycles. The first kappa shape index (κ1) is 40.8. The lowest BCUT2D eigenvalue weighted by Crippen LogP contribution is -2.30. The summed E-state index contributed by atoms with van der Waals surface area (Å²) in [7, 11) is 0. The van der Waals surface area contributed by atoms with Gasteiger partial charge in [-0.2, -0.15) is 0 Å². The molecule has 0 spiro atoms. The molecule has 0 radical (unpaired) electrons. The fourth-order valence-electron chi connectivity index (χ4n) is 12.3. The van der Waals surface area contributed by atoms with E-state index < -0.39 is 0 Å². The predicted molar refractivity (Wildman–Crippen MR) is 302 cm³/mol. The summed E-state index contributed by atoms with van der Waals surface area (Å²) in [6.07, 6.45) is 8.97. The first-order valence-corrected chi connectivity index (χ1v) is 25.2. The van der Waals surface area contributed by atoms with Gasteiger partial charge in [-0.25, -0.2) is 19.9 Å². The number of nitrogens with zero attached hydrogens (tertiary/aromatic N) is 8. The maximum absolute atomic E-state index is 5.76. The van der Waals surface area contributed by atoms with Crippen LogP contribution >= 0.6 is 0 Å². The van der Waals surface area contributed by atoms with Crippen LogP contribution in [0.2, 0.25) is 0 Å². The van der Waals surface area contributed by atoms with Crippen molar-refractivity contribution in [2.45, 2.75) is 12.0 Å². The Kier molecular flexibility index (Phi) is 8.70. The Labute approximate surface area is 424 Å². The third kappa shape index (κ3) is 5.79. The van der Waals surface area contributed by atoms with Crippen molar-refractivity contribution in [3.05, 3.63) is 248 Å². The smallest absolute Gasteiger partial charge is 0.236 e. The lowest BCUT2D eigenvalue weighted by molar-refractivity contribution is 0.731. The topological polar surface area (TPSA) is 69.6 Å². The Morgan fingerprint density at radius 2 is 0.811 bits per heavy atom. The highest BCUT2D eigenvalue weighted by Gasteiger charge is 2.41. The van der Waals surface area contributed by atoms with Crippen LogP contribution in [-0.4, -0.2) is 39.7 Å². The van der Waals surface area contributed by atoms with Crippen molar-refractivity contribution in [3.63, 3.8) is 0 Å². The van der Waals surface area contributed by atoms with Gasteiger partial charge >= 0.3 is 0 Å². The van der Waals surface area contributed by atoms with Crippen LogP contribution in [0.25, 0.3) is 116 Å². The standard InChI is InChI=1S/C66H42N8/c1-5-21-41(22-6-1)58-61-60(69-65(67-58)73-53-34-18-14-29-45(53)48-39-40-56-57(62(48)73)51-32-16-20-36-55(51)71(56)43-25-9-3-10-26-43)59(42-23-7-2-8-24-42)68-66(70-61)74-54-35-19-15-31-47(54)50-38-37-49-46-30-13-17-33-52(46)72(63(49)64(50)74)44-27-11-4-12-28-44/h1-40,45,53H. The fraction of sp³-hybridized carbons (Fsp3) is 0.0303. The summed E-state index contributed by atoms with van der Waals surface area (Å²) >= 11 is 0. The van der Waals surface area contributed by atoms with Gasteiger partial charge in [0.2, 0.25) is 11.9 Å².